The Morgan fingerprint density at radius 1 is 1.25 bits per heavy atom. The average Bonchev–Trinajstić information content (AvgIpc) is 2.54. The second-order valence-corrected chi connectivity index (χ2v) is 5.82. The molecular formula is C19H28BNO3. The highest BCUT2D eigenvalue weighted by molar-refractivity contribution is 6.21. The number of benzene rings is 1. The number of rotatable bonds is 4. The Kier molecular flexibility index (Phi) is 13.2. The minimum absolute atomic E-state index is 0.130. The van der Waals surface area contributed by atoms with Gasteiger partial charge in [0, 0.05) is 5.70 Å². The van der Waals surface area contributed by atoms with Crippen LogP contribution in [0.3, 0.4) is 0 Å². The second kappa shape index (κ2) is 13.2. The van der Waals surface area contributed by atoms with Crippen LogP contribution in [0.2, 0.25) is 0 Å². The number of esters is 1. The predicted octanol–water partition coefficient (Wildman–Crippen LogP) is 3.48. The molecule has 1 rings (SSSR count). The number of carbonyl (C=O) groups excluding carboxylic acids is 2. The van der Waals surface area contributed by atoms with Gasteiger partial charge in [0.2, 0.25) is 0 Å². The smallest absolute Gasteiger partial charge is 0.325 e. The summed E-state index contributed by atoms with van der Waals surface area (Å²) in [7, 11) is 5.15. The summed E-state index contributed by atoms with van der Waals surface area (Å²) in [5.74, 6) is -0.283. The molecule has 0 saturated carbocycles. The zero-order valence-electron chi connectivity index (χ0n) is 15.4. The fourth-order valence-electron chi connectivity index (χ4n) is 1.30. The molecule has 0 aliphatic heterocycles. The maximum absolute atomic E-state index is 11.5. The van der Waals surface area contributed by atoms with Gasteiger partial charge in [0.25, 0.3) is 0 Å². The lowest BCUT2D eigenvalue weighted by Gasteiger charge is -2.20. The van der Waals surface area contributed by atoms with E-state index in [4.69, 9.17) is 17.4 Å². The third-order valence-corrected chi connectivity index (χ3v) is 2.44. The first-order valence-electron chi connectivity index (χ1n) is 7.53. The van der Waals surface area contributed by atoms with E-state index in [0.717, 1.165) is 16.7 Å². The monoisotopic (exact) mass is 329 g/mol. The topological polar surface area (TPSA) is 55.4 Å². The Morgan fingerprint density at radius 2 is 1.71 bits per heavy atom. The quantitative estimate of drug-likeness (QED) is 0.679. The van der Waals surface area contributed by atoms with Gasteiger partial charge in [0.15, 0.2) is 0 Å². The molecule has 1 aromatic rings. The van der Waals surface area contributed by atoms with Crippen molar-refractivity contribution in [3.63, 3.8) is 0 Å². The van der Waals surface area contributed by atoms with Crippen LogP contribution in [-0.2, 0) is 14.3 Å². The molecule has 5 heteroatoms. The van der Waals surface area contributed by atoms with Gasteiger partial charge in [-0.15, -0.1) is 5.47 Å². The summed E-state index contributed by atoms with van der Waals surface area (Å²) in [4.78, 5) is 19.5. The average molecular weight is 329 g/mol. The van der Waals surface area contributed by atoms with Gasteiger partial charge in [0.1, 0.15) is 26.8 Å². The van der Waals surface area contributed by atoms with Crippen molar-refractivity contribution in [2.75, 3.05) is 6.54 Å². The molecule has 0 unspecified atom stereocenters. The number of hydrogen-bond donors (Lipinski definition) is 1. The van der Waals surface area contributed by atoms with E-state index in [1.54, 1.807) is 0 Å². The van der Waals surface area contributed by atoms with E-state index < -0.39 is 5.60 Å². The predicted molar refractivity (Wildman–Crippen MR) is 102 cm³/mol. The fraction of sp³-hybridized carbons (Fsp3) is 0.368. The van der Waals surface area contributed by atoms with Crippen molar-refractivity contribution in [1.82, 2.24) is 5.32 Å². The molecule has 0 spiro atoms. The molecule has 0 amide bonds. The molecule has 0 aliphatic rings. The third kappa shape index (κ3) is 14.6. The Bertz CT molecular complexity index is 515. The normalized spacial score (nSPS) is 10.3. The highest BCUT2D eigenvalue weighted by Gasteiger charge is 2.15. The van der Waals surface area contributed by atoms with Gasteiger partial charge in [-0.25, -0.2) is 0 Å². The second-order valence-electron chi connectivity index (χ2n) is 5.82. The van der Waals surface area contributed by atoms with Crippen molar-refractivity contribution in [1.29, 1.82) is 0 Å². The van der Waals surface area contributed by atoms with Crippen LogP contribution in [0, 0.1) is 0 Å². The Balaban J connectivity index is 0. The summed E-state index contributed by atoms with van der Waals surface area (Å²) in [6.07, 6.45) is 1.86. The van der Waals surface area contributed by atoms with Crippen LogP contribution in [-0.4, -0.2) is 32.8 Å². The molecule has 0 bridgehead atoms. The van der Waals surface area contributed by atoms with Gasteiger partial charge in [-0.3, -0.25) is 4.79 Å². The molecule has 2 radical (unpaired) electrons. The van der Waals surface area contributed by atoms with Crippen molar-refractivity contribution in [2.24, 2.45) is 0 Å². The zero-order valence-corrected chi connectivity index (χ0v) is 15.4. The number of nitrogens with one attached hydrogen (secondary N) is 1. The summed E-state index contributed by atoms with van der Waals surface area (Å²) in [5, 5.41) is 2.95. The largest absolute Gasteiger partial charge is 0.459 e. The summed E-state index contributed by atoms with van der Waals surface area (Å²) in [5.41, 5.74) is 2.12. The first-order valence-corrected chi connectivity index (χ1v) is 7.53. The van der Waals surface area contributed by atoms with Gasteiger partial charge >= 0.3 is 5.97 Å². The molecule has 1 aromatic carbocycles. The lowest BCUT2D eigenvalue weighted by molar-refractivity contribution is -0.153. The summed E-state index contributed by atoms with van der Waals surface area (Å²) >= 11 is 0. The highest BCUT2D eigenvalue weighted by atomic mass is 16.6. The van der Waals surface area contributed by atoms with Crippen LogP contribution < -0.4 is 5.32 Å². The highest BCUT2D eigenvalue weighted by Crippen LogP contribution is 2.09. The third-order valence-electron chi connectivity index (χ3n) is 2.44. The number of allylic oxidation sites excluding steroid dienone is 2. The number of ether oxygens (including phenoxy) is 1. The van der Waals surface area contributed by atoms with Crippen molar-refractivity contribution in [2.45, 2.75) is 40.2 Å². The maximum atomic E-state index is 11.5. The van der Waals surface area contributed by atoms with Crippen molar-refractivity contribution >= 4 is 26.3 Å². The Labute approximate surface area is 147 Å². The van der Waals surface area contributed by atoms with Crippen LogP contribution in [0.5, 0.6) is 0 Å². The molecule has 0 heterocycles. The van der Waals surface area contributed by atoms with Gasteiger partial charge in [-0.05, 0) is 33.3 Å². The van der Waals surface area contributed by atoms with Gasteiger partial charge in [0.05, 0.1) is 0 Å². The zero-order chi connectivity index (χ0) is 19.2. The molecule has 0 aliphatic carbocycles. The molecule has 24 heavy (non-hydrogen) atoms. The van der Waals surface area contributed by atoms with Crippen molar-refractivity contribution < 1.29 is 14.3 Å². The van der Waals surface area contributed by atoms with Gasteiger partial charge in [-0.1, -0.05) is 49.9 Å². The van der Waals surface area contributed by atoms with Gasteiger partial charge < -0.3 is 14.8 Å². The molecule has 1 N–H and O–H groups in total. The molecule has 4 nitrogen and oxygen atoms in total. The number of carbonyl (C=O) groups is 2. The Morgan fingerprint density at radius 3 is 2.08 bits per heavy atom. The minimum Gasteiger partial charge on any atom is -0.459 e. The van der Waals surface area contributed by atoms with E-state index in [-0.39, 0.29) is 12.5 Å². The van der Waals surface area contributed by atoms with Crippen LogP contribution in [0.1, 0.15) is 40.2 Å². The van der Waals surface area contributed by atoms with E-state index in [1.807, 2.05) is 77.8 Å². The standard InChI is InChI=1S/C14H19NO2.C4H7B.CH2O/c1-11(12-8-6-5-7-9-12)15-10-13(16)17-14(2,3)4;1-3-4(2)5;1-2/h5-9,15H,1,10H2,2-4H3;3H,1-2H3;1H2/b;4-3+;. The first-order chi connectivity index (χ1) is 11.2. The number of hydrogen-bond acceptors (Lipinski definition) is 4. The molecule has 130 valence electrons. The van der Waals surface area contributed by atoms with Gasteiger partial charge in [-0.2, -0.15) is 0 Å². The van der Waals surface area contributed by atoms with E-state index >= 15 is 0 Å². The molecule has 0 saturated heterocycles. The van der Waals surface area contributed by atoms with Crippen LogP contribution in [0.25, 0.3) is 5.70 Å². The summed E-state index contributed by atoms with van der Waals surface area (Å²) < 4.78 is 5.18. The van der Waals surface area contributed by atoms with E-state index in [0.29, 0.717) is 0 Å². The van der Waals surface area contributed by atoms with E-state index in [9.17, 15) is 4.79 Å². The fourth-order valence-corrected chi connectivity index (χ4v) is 1.30. The van der Waals surface area contributed by atoms with Crippen molar-refractivity contribution in [3.05, 3.63) is 54.0 Å². The first kappa shape index (κ1) is 24.0. The molecular weight excluding hydrogens is 301 g/mol. The van der Waals surface area contributed by atoms with Crippen molar-refractivity contribution in [3.8, 4) is 0 Å². The maximum Gasteiger partial charge on any atom is 0.325 e. The Hall–Kier alpha value is -2.30. The van der Waals surface area contributed by atoms with E-state index in [2.05, 4.69) is 11.9 Å². The molecule has 0 atom stereocenters. The molecule has 0 fully saturated rings. The summed E-state index contributed by atoms with van der Waals surface area (Å²) in [6, 6.07) is 9.66. The summed E-state index contributed by atoms with van der Waals surface area (Å²) in [6.45, 7) is 15.3. The van der Waals surface area contributed by atoms with Crippen LogP contribution in [0.15, 0.2) is 48.5 Å². The minimum atomic E-state index is -0.452. The van der Waals surface area contributed by atoms with Crippen LogP contribution >= 0.6 is 0 Å². The lowest BCUT2D eigenvalue weighted by atomic mass is 9.98. The SMILES string of the molecule is C=C(NCC(=O)OC(C)(C)C)c1ccccc1.C=O.[B]/C(C)=C/C. The van der Waals surface area contributed by atoms with E-state index in [1.165, 1.54) is 0 Å². The van der Waals surface area contributed by atoms with Crippen LogP contribution in [0.4, 0.5) is 0 Å². The lowest BCUT2D eigenvalue weighted by Crippen LogP contribution is -2.30. The molecule has 0 aromatic heterocycles.